The molecule has 0 atom stereocenters. The van der Waals surface area contributed by atoms with Crippen LogP contribution in [0.15, 0.2) is 69.0 Å². The molecule has 0 saturated carbocycles. The second-order valence-corrected chi connectivity index (χ2v) is 7.06. The van der Waals surface area contributed by atoms with Crippen molar-refractivity contribution in [2.45, 2.75) is 20.5 Å². The molecular formula is C24H20N2O6. The van der Waals surface area contributed by atoms with Crippen molar-refractivity contribution in [3.63, 3.8) is 0 Å². The van der Waals surface area contributed by atoms with E-state index < -0.39 is 24.0 Å². The molecule has 32 heavy (non-hydrogen) atoms. The Kier molecular flexibility index (Phi) is 6.71. The van der Waals surface area contributed by atoms with Crippen molar-refractivity contribution in [3.05, 3.63) is 86.9 Å². The number of nitrogens with zero attached hydrogens (tertiary/aromatic N) is 1. The van der Waals surface area contributed by atoms with Gasteiger partial charge in [-0.15, -0.1) is 0 Å². The molecule has 2 aromatic carbocycles. The number of carbonyl (C=O) groups excluding carboxylic acids is 2. The van der Waals surface area contributed by atoms with Gasteiger partial charge in [0.1, 0.15) is 29.6 Å². The van der Waals surface area contributed by atoms with Gasteiger partial charge in [-0.05, 0) is 49.2 Å². The number of fused-ring (bicyclic) bond motifs is 1. The first-order chi connectivity index (χ1) is 15.3. The second kappa shape index (κ2) is 9.62. The van der Waals surface area contributed by atoms with Crippen molar-refractivity contribution in [2.24, 2.45) is 5.73 Å². The van der Waals surface area contributed by atoms with Gasteiger partial charge in [-0.2, -0.15) is 5.26 Å². The molecule has 0 aliphatic heterocycles. The molecule has 0 amide bonds. The van der Waals surface area contributed by atoms with Gasteiger partial charge in [-0.1, -0.05) is 12.1 Å². The summed E-state index contributed by atoms with van der Waals surface area (Å²) in [5.41, 5.74) is 7.18. The fourth-order valence-corrected chi connectivity index (χ4v) is 2.96. The number of allylic oxidation sites excluding steroid dienone is 1. The summed E-state index contributed by atoms with van der Waals surface area (Å²) in [7, 11) is 0. The van der Waals surface area contributed by atoms with Crippen molar-refractivity contribution < 1.29 is 23.5 Å². The van der Waals surface area contributed by atoms with E-state index in [2.05, 4.69) is 0 Å². The molecule has 0 unspecified atom stereocenters. The summed E-state index contributed by atoms with van der Waals surface area (Å²) in [5.74, 6) is -0.824. The van der Waals surface area contributed by atoms with Crippen molar-refractivity contribution in [1.29, 1.82) is 5.26 Å². The number of nitrogens with two attached hydrogens (primary N) is 1. The van der Waals surface area contributed by atoms with Gasteiger partial charge in [0, 0.05) is 23.2 Å². The number of nitriles is 1. The van der Waals surface area contributed by atoms with Crippen LogP contribution in [0.3, 0.4) is 0 Å². The molecule has 8 nitrogen and oxygen atoms in total. The molecule has 0 fully saturated rings. The summed E-state index contributed by atoms with van der Waals surface area (Å²) in [4.78, 5) is 35.6. The Labute approximate surface area is 183 Å². The van der Waals surface area contributed by atoms with Gasteiger partial charge < -0.3 is 19.6 Å². The van der Waals surface area contributed by atoms with Crippen LogP contribution in [0.4, 0.5) is 0 Å². The lowest BCUT2D eigenvalue weighted by Gasteiger charge is -2.09. The number of benzene rings is 2. The second-order valence-electron chi connectivity index (χ2n) is 7.06. The fraction of sp³-hybridized carbons (Fsp3) is 0.167. The number of esters is 1. The zero-order valence-corrected chi connectivity index (χ0v) is 17.5. The third-order valence-electron chi connectivity index (χ3n) is 4.64. The number of ketones is 1. The molecule has 0 spiro atoms. The van der Waals surface area contributed by atoms with Gasteiger partial charge in [0.2, 0.25) is 5.78 Å². The fourth-order valence-electron chi connectivity index (χ4n) is 2.96. The van der Waals surface area contributed by atoms with E-state index in [9.17, 15) is 14.4 Å². The Bertz CT molecular complexity index is 1310. The first-order valence-electron chi connectivity index (χ1n) is 9.61. The Hall–Kier alpha value is -4.38. The lowest BCUT2D eigenvalue weighted by molar-refractivity contribution is -0.118. The third kappa shape index (κ3) is 5.21. The summed E-state index contributed by atoms with van der Waals surface area (Å²) in [6.07, 6.45) is 0. The molecule has 1 heterocycles. The van der Waals surface area contributed by atoms with Crippen molar-refractivity contribution in [2.75, 3.05) is 6.61 Å². The highest BCUT2D eigenvalue weighted by molar-refractivity contribution is 6.02. The monoisotopic (exact) mass is 432 g/mol. The summed E-state index contributed by atoms with van der Waals surface area (Å²) < 4.78 is 15.9. The zero-order chi connectivity index (χ0) is 23.3. The van der Waals surface area contributed by atoms with Crippen LogP contribution in [0.5, 0.6) is 5.75 Å². The lowest BCUT2D eigenvalue weighted by Crippen LogP contribution is -2.17. The largest absolute Gasteiger partial charge is 0.489 e. The molecule has 3 rings (SSSR count). The summed E-state index contributed by atoms with van der Waals surface area (Å²) in [6.45, 7) is 2.91. The standard InChI is InChI=1S/C24H20N2O6/c1-14-9-23(28)32-22-10-18(7-8-19(14)22)30-12-16-3-5-17(6-4-16)24(29)31-13-21(27)20(11-25)15(2)26/h3-10H,12-13,26H2,1-2H3/b20-15+. The maximum Gasteiger partial charge on any atom is 0.338 e. The quantitative estimate of drug-likeness (QED) is 0.261. The third-order valence-corrected chi connectivity index (χ3v) is 4.64. The number of Topliss-reactive ketones (excluding diaryl/α,β-unsaturated/α-hetero) is 1. The molecular weight excluding hydrogens is 412 g/mol. The van der Waals surface area contributed by atoms with E-state index in [-0.39, 0.29) is 23.4 Å². The van der Waals surface area contributed by atoms with Gasteiger partial charge >= 0.3 is 11.6 Å². The Balaban J connectivity index is 1.60. The number of hydrogen-bond donors (Lipinski definition) is 1. The summed E-state index contributed by atoms with van der Waals surface area (Å²) in [5, 5.41) is 9.74. The normalized spacial score (nSPS) is 11.4. The van der Waals surface area contributed by atoms with E-state index in [4.69, 9.17) is 24.9 Å². The summed E-state index contributed by atoms with van der Waals surface area (Å²) >= 11 is 0. The molecule has 0 saturated heterocycles. The predicted molar refractivity (Wildman–Crippen MR) is 116 cm³/mol. The minimum atomic E-state index is -0.697. The number of hydrogen-bond acceptors (Lipinski definition) is 8. The van der Waals surface area contributed by atoms with E-state index in [1.165, 1.54) is 13.0 Å². The van der Waals surface area contributed by atoms with Crippen LogP contribution in [0.1, 0.15) is 28.4 Å². The number of aryl methyl sites for hydroxylation is 1. The van der Waals surface area contributed by atoms with E-state index in [1.54, 1.807) is 42.5 Å². The number of rotatable bonds is 7. The lowest BCUT2D eigenvalue weighted by atomic mass is 10.1. The zero-order valence-electron chi connectivity index (χ0n) is 17.5. The summed E-state index contributed by atoms with van der Waals surface area (Å²) in [6, 6.07) is 14.9. The van der Waals surface area contributed by atoms with Crippen molar-refractivity contribution >= 4 is 22.7 Å². The smallest absolute Gasteiger partial charge is 0.338 e. The molecule has 162 valence electrons. The maximum absolute atomic E-state index is 12.1. The molecule has 0 radical (unpaired) electrons. The molecule has 1 aromatic heterocycles. The van der Waals surface area contributed by atoms with E-state index in [0.29, 0.717) is 11.3 Å². The minimum absolute atomic E-state index is 0.0709. The van der Waals surface area contributed by atoms with Crippen LogP contribution in [0.2, 0.25) is 0 Å². The maximum atomic E-state index is 12.1. The molecule has 0 aliphatic rings. The highest BCUT2D eigenvalue weighted by atomic mass is 16.5. The Morgan fingerprint density at radius 2 is 1.84 bits per heavy atom. The van der Waals surface area contributed by atoms with Crippen LogP contribution >= 0.6 is 0 Å². The van der Waals surface area contributed by atoms with Crippen molar-refractivity contribution in [1.82, 2.24) is 0 Å². The van der Waals surface area contributed by atoms with Crippen LogP contribution in [-0.2, 0) is 16.1 Å². The predicted octanol–water partition coefficient (Wildman–Crippen LogP) is 3.16. The Morgan fingerprint density at radius 1 is 1.12 bits per heavy atom. The van der Waals surface area contributed by atoms with Crippen LogP contribution < -0.4 is 16.1 Å². The average molecular weight is 432 g/mol. The van der Waals surface area contributed by atoms with Gasteiger partial charge in [-0.25, -0.2) is 9.59 Å². The molecule has 3 aromatic rings. The van der Waals surface area contributed by atoms with Crippen LogP contribution in [0, 0.1) is 18.3 Å². The highest BCUT2D eigenvalue weighted by Gasteiger charge is 2.15. The first kappa shape index (κ1) is 22.3. The minimum Gasteiger partial charge on any atom is -0.489 e. The molecule has 8 heteroatoms. The van der Waals surface area contributed by atoms with E-state index >= 15 is 0 Å². The van der Waals surface area contributed by atoms with E-state index in [0.717, 1.165) is 16.5 Å². The average Bonchev–Trinajstić information content (AvgIpc) is 2.76. The van der Waals surface area contributed by atoms with E-state index in [1.807, 2.05) is 13.0 Å². The van der Waals surface area contributed by atoms with Gasteiger partial charge in [0.25, 0.3) is 0 Å². The van der Waals surface area contributed by atoms with Gasteiger partial charge in [-0.3, -0.25) is 4.79 Å². The Morgan fingerprint density at radius 3 is 2.50 bits per heavy atom. The van der Waals surface area contributed by atoms with Gasteiger partial charge in [0.15, 0.2) is 6.61 Å². The molecule has 0 bridgehead atoms. The number of carbonyl (C=O) groups is 2. The number of ether oxygens (including phenoxy) is 2. The highest BCUT2D eigenvalue weighted by Crippen LogP contribution is 2.23. The van der Waals surface area contributed by atoms with Gasteiger partial charge in [0.05, 0.1) is 5.56 Å². The topological polar surface area (TPSA) is 133 Å². The first-order valence-corrected chi connectivity index (χ1v) is 9.61. The molecule has 0 aliphatic carbocycles. The molecule has 2 N–H and O–H groups in total. The SMILES string of the molecule is C/C(N)=C(/C#N)C(=O)COC(=O)c1ccc(COc2ccc3c(C)cc(=O)oc3c2)cc1. The van der Waals surface area contributed by atoms with Crippen molar-refractivity contribution in [3.8, 4) is 11.8 Å². The van der Waals surface area contributed by atoms with Crippen LogP contribution in [0.25, 0.3) is 11.0 Å². The van der Waals surface area contributed by atoms with Crippen LogP contribution in [-0.4, -0.2) is 18.4 Å².